The topological polar surface area (TPSA) is 90.7 Å². The van der Waals surface area contributed by atoms with E-state index in [0.717, 1.165) is 0 Å². The monoisotopic (exact) mass is 286 g/mol. The molecule has 0 bridgehead atoms. The van der Waals surface area contributed by atoms with Crippen molar-refractivity contribution >= 4 is 9.84 Å². The first-order valence-corrected chi connectivity index (χ1v) is 8.08. The van der Waals surface area contributed by atoms with E-state index in [1.807, 2.05) is 24.3 Å². The summed E-state index contributed by atoms with van der Waals surface area (Å²) >= 11 is 0. The number of rotatable bonds is 5. The van der Waals surface area contributed by atoms with Crippen LogP contribution in [0.3, 0.4) is 0 Å². The Hall–Kier alpha value is -1.31. The smallest absolute Gasteiger partial charge is 0.161 e. The Morgan fingerprint density at radius 3 is 2.74 bits per heavy atom. The highest BCUT2D eigenvalue weighted by Crippen LogP contribution is 2.31. The van der Waals surface area contributed by atoms with Gasteiger partial charge in [0.15, 0.2) is 11.5 Å². The van der Waals surface area contributed by atoms with Gasteiger partial charge in [0, 0.05) is 6.26 Å². The quantitative estimate of drug-likeness (QED) is 0.589. The summed E-state index contributed by atoms with van der Waals surface area (Å²) in [6, 6.07) is 7.08. The average Bonchev–Trinajstić information content (AvgIpc) is 2.38. The lowest BCUT2D eigenvalue weighted by atomic mass is 10.1. The van der Waals surface area contributed by atoms with Gasteiger partial charge in [-0.05, 0) is 18.6 Å². The lowest BCUT2D eigenvalue weighted by molar-refractivity contribution is 0.0611. The number of para-hydroxylation sites is 2. The fourth-order valence-corrected chi connectivity index (χ4v) is 2.63. The number of fused-ring (bicyclic) bond motifs is 1. The predicted octanol–water partition coefficient (Wildman–Crippen LogP) is 0.0930. The predicted molar refractivity (Wildman–Crippen MR) is 71.8 cm³/mol. The molecule has 1 aliphatic rings. The fourth-order valence-electron chi connectivity index (χ4n) is 1.95. The van der Waals surface area contributed by atoms with Crippen LogP contribution < -0.4 is 20.7 Å². The van der Waals surface area contributed by atoms with Gasteiger partial charge in [-0.25, -0.2) is 8.42 Å². The molecule has 0 aromatic heterocycles. The third-order valence-electron chi connectivity index (χ3n) is 2.99. The highest BCUT2D eigenvalue weighted by atomic mass is 32.2. The molecule has 7 heteroatoms. The number of ether oxygens (including phenoxy) is 2. The van der Waals surface area contributed by atoms with Crippen LogP contribution in [0.25, 0.3) is 0 Å². The normalized spacial score (nSPS) is 20.0. The van der Waals surface area contributed by atoms with E-state index in [1.165, 1.54) is 6.26 Å². The first-order chi connectivity index (χ1) is 8.99. The highest BCUT2D eigenvalue weighted by molar-refractivity contribution is 7.90. The molecule has 6 nitrogen and oxygen atoms in total. The molecular weight excluding hydrogens is 268 g/mol. The van der Waals surface area contributed by atoms with Crippen LogP contribution in [0, 0.1) is 0 Å². The number of hydrogen-bond acceptors (Lipinski definition) is 6. The van der Waals surface area contributed by atoms with Gasteiger partial charge in [-0.1, -0.05) is 12.1 Å². The summed E-state index contributed by atoms with van der Waals surface area (Å²) in [5.74, 6) is 6.87. The number of benzene rings is 1. The molecule has 1 heterocycles. The second-order valence-electron chi connectivity index (χ2n) is 4.61. The maximum absolute atomic E-state index is 11.2. The SMILES string of the molecule is CS(=O)(=O)CCC(NN)C1COc2ccccc2O1. The van der Waals surface area contributed by atoms with E-state index >= 15 is 0 Å². The molecule has 19 heavy (non-hydrogen) atoms. The third-order valence-corrected chi connectivity index (χ3v) is 3.97. The molecule has 1 aromatic carbocycles. The number of sulfone groups is 1. The van der Waals surface area contributed by atoms with E-state index in [4.69, 9.17) is 15.3 Å². The van der Waals surface area contributed by atoms with Gasteiger partial charge in [-0.3, -0.25) is 11.3 Å². The molecule has 3 N–H and O–H groups in total. The van der Waals surface area contributed by atoms with E-state index in [2.05, 4.69) is 5.43 Å². The lowest BCUT2D eigenvalue weighted by Gasteiger charge is -2.31. The van der Waals surface area contributed by atoms with Crippen molar-refractivity contribution in [2.75, 3.05) is 18.6 Å². The Kier molecular flexibility index (Phi) is 4.28. The first kappa shape index (κ1) is 14.1. The zero-order valence-corrected chi connectivity index (χ0v) is 11.5. The molecule has 1 aromatic rings. The Morgan fingerprint density at radius 1 is 1.42 bits per heavy atom. The van der Waals surface area contributed by atoms with E-state index in [9.17, 15) is 8.42 Å². The summed E-state index contributed by atoms with van der Waals surface area (Å²) in [5, 5.41) is 0. The molecule has 106 valence electrons. The van der Waals surface area contributed by atoms with Gasteiger partial charge < -0.3 is 9.47 Å². The third kappa shape index (κ3) is 3.82. The molecule has 1 aliphatic heterocycles. The van der Waals surface area contributed by atoms with Crippen LogP contribution in [0.1, 0.15) is 6.42 Å². The largest absolute Gasteiger partial charge is 0.486 e. The molecule has 0 fully saturated rings. The van der Waals surface area contributed by atoms with Crippen molar-refractivity contribution in [2.45, 2.75) is 18.6 Å². The summed E-state index contributed by atoms with van der Waals surface area (Å²) in [7, 11) is -3.02. The molecule has 2 atom stereocenters. The average molecular weight is 286 g/mol. The molecule has 0 radical (unpaired) electrons. The Bertz CT molecular complexity index is 532. The van der Waals surface area contributed by atoms with Crippen molar-refractivity contribution in [1.29, 1.82) is 0 Å². The van der Waals surface area contributed by atoms with Crippen LogP contribution in [-0.4, -0.2) is 39.2 Å². The number of nitrogens with two attached hydrogens (primary N) is 1. The summed E-state index contributed by atoms with van der Waals surface area (Å²) in [5.41, 5.74) is 2.61. The van der Waals surface area contributed by atoms with Gasteiger partial charge in [0.25, 0.3) is 0 Å². The zero-order chi connectivity index (χ0) is 13.9. The molecule has 0 saturated carbocycles. The maximum atomic E-state index is 11.2. The molecule has 2 rings (SSSR count). The zero-order valence-electron chi connectivity index (χ0n) is 10.7. The van der Waals surface area contributed by atoms with Crippen LogP contribution in [0.2, 0.25) is 0 Å². The highest BCUT2D eigenvalue weighted by Gasteiger charge is 2.28. The lowest BCUT2D eigenvalue weighted by Crippen LogP contribution is -2.51. The van der Waals surface area contributed by atoms with Gasteiger partial charge in [-0.15, -0.1) is 0 Å². The van der Waals surface area contributed by atoms with E-state index in [1.54, 1.807) is 0 Å². The number of nitrogens with one attached hydrogen (secondary N) is 1. The number of hydrogen-bond donors (Lipinski definition) is 2. The van der Waals surface area contributed by atoms with Crippen LogP contribution in [0.15, 0.2) is 24.3 Å². The summed E-state index contributed by atoms with van der Waals surface area (Å²) in [6.07, 6.45) is 1.28. The van der Waals surface area contributed by atoms with Gasteiger partial charge in [0.2, 0.25) is 0 Å². The van der Waals surface area contributed by atoms with Crippen molar-refractivity contribution < 1.29 is 17.9 Å². The minimum atomic E-state index is -3.02. The fraction of sp³-hybridized carbons (Fsp3) is 0.500. The van der Waals surface area contributed by atoms with Gasteiger partial charge in [0.1, 0.15) is 22.5 Å². The minimum Gasteiger partial charge on any atom is -0.486 e. The van der Waals surface area contributed by atoms with Crippen molar-refractivity contribution in [3.8, 4) is 11.5 Å². The molecule has 0 spiro atoms. The Morgan fingerprint density at radius 2 is 2.11 bits per heavy atom. The molecule has 0 saturated heterocycles. The van der Waals surface area contributed by atoms with E-state index in [0.29, 0.717) is 24.5 Å². The second kappa shape index (κ2) is 5.77. The number of hydrazine groups is 1. The molecule has 0 aliphatic carbocycles. The van der Waals surface area contributed by atoms with E-state index in [-0.39, 0.29) is 17.9 Å². The summed E-state index contributed by atoms with van der Waals surface area (Å²) in [4.78, 5) is 0. The second-order valence-corrected chi connectivity index (χ2v) is 6.87. The van der Waals surface area contributed by atoms with Crippen LogP contribution in [-0.2, 0) is 9.84 Å². The van der Waals surface area contributed by atoms with Crippen molar-refractivity contribution in [3.63, 3.8) is 0 Å². The Balaban J connectivity index is 2.02. The summed E-state index contributed by atoms with van der Waals surface area (Å²) < 4.78 is 33.8. The first-order valence-electron chi connectivity index (χ1n) is 6.02. The van der Waals surface area contributed by atoms with Gasteiger partial charge in [0.05, 0.1) is 11.8 Å². The van der Waals surface area contributed by atoms with Crippen LogP contribution >= 0.6 is 0 Å². The molecule has 2 unspecified atom stereocenters. The standard InChI is InChI=1S/C12H18N2O4S/c1-19(15,16)7-6-9(14-13)12-8-17-10-4-2-3-5-11(10)18-12/h2-5,9,12,14H,6-8,13H2,1H3. The molecule has 0 amide bonds. The molecular formula is C12H18N2O4S. The van der Waals surface area contributed by atoms with Crippen molar-refractivity contribution in [3.05, 3.63) is 24.3 Å². The van der Waals surface area contributed by atoms with Crippen molar-refractivity contribution in [1.82, 2.24) is 5.43 Å². The van der Waals surface area contributed by atoms with Gasteiger partial charge >= 0.3 is 0 Å². The Labute approximate surface area is 112 Å². The van der Waals surface area contributed by atoms with Gasteiger partial charge in [-0.2, -0.15) is 0 Å². The maximum Gasteiger partial charge on any atom is 0.161 e. The van der Waals surface area contributed by atoms with Crippen molar-refractivity contribution in [2.24, 2.45) is 5.84 Å². The van der Waals surface area contributed by atoms with Crippen LogP contribution in [0.4, 0.5) is 0 Å². The van der Waals surface area contributed by atoms with Crippen LogP contribution in [0.5, 0.6) is 11.5 Å². The van der Waals surface area contributed by atoms with E-state index < -0.39 is 9.84 Å². The minimum absolute atomic E-state index is 0.0589. The summed E-state index contributed by atoms with van der Waals surface area (Å²) in [6.45, 7) is 0.343.